The third-order valence-electron chi connectivity index (χ3n) is 0.962. The minimum Gasteiger partial charge on any atom is -0.360 e. The summed E-state index contributed by atoms with van der Waals surface area (Å²) in [5.41, 5.74) is 0. The Bertz CT molecular complexity index is 65.1. The molecule has 8 heavy (non-hydrogen) atoms. The van der Waals surface area contributed by atoms with Crippen LogP contribution in [0.2, 0.25) is 0 Å². The Labute approximate surface area is 55.0 Å². The zero-order valence-electron chi connectivity index (χ0n) is 4.79. The van der Waals surface area contributed by atoms with Crippen molar-refractivity contribution in [3.05, 3.63) is 0 Å². The van der Waals surface area contributed by atoms with E-state index in [1.54, 1.807) is 19.2 Å². The van der Waals surface area contributed by atoms with E-state index in [0.717, 1.165) is 12.1 Å². The largest absolute Gasteiger partial charge is 0.360 e. The van der Waals surface area contributed by atoms with Crippen molar-refractivity contribution in [2.24, 2.45) is 0 Å². The summed E-state index contributed by atoms with van der Waals surface area (Å²) in [5, 5.41) is 0. The first-order chi connectivity index (χ1) is 3.93. The lowest BCUT2D eigenvalue weighted by molar-refractivity contribution is 0.396. The van der Waals surface area contributed by atoms with Gasteiger partial charge in [-0.3, -0.25) is 0 Å². The maximum atomic E-state index is 5.12. The molecule has 0 amide bonds. The molecule has 0 aromatic carbocycles. The molecule has 2 nitrogen and oxygen atoms in total. The Balaban J connectivity index is 2.13. The first-order valence-corrected chi connectivity index (χ1v) is 5.01. The van der Waals surface area contributed by atoms with Crippen LogP contribution in [0.25, 0.3) is 0 Å². The van der Waals surface area contributed by atoms with E-state index in [4.69, 9.17) is 8.71 Å². The summed E-state index contributed by atoms with van der Waals surface area (Å²) in [6.07, 6.45) is 2.01. The standard InChI is InChI=1S/C4H9O2PS/c1-5-7-2-3-8-6-4-7/h2-4H2,1H3. The van der Waals surface area contributed by atoms with Crippen LogP contribution in [-0.4, -0.2) is 25.4 Å². The molecule has 1 aliphatic rings. The molecular weight excluding hydrogens is 143 g/mol. The van der Waals surface area contributed by atoms with Gasteiger partial charge in [0, 0.05) is 19.0 Å². The van der Waals surface area contributed by atoms with E-state index in [9.17, 15) is 0 Å². The summed E-state index contributed by atoms with van der Waals surface area (Å²) in [4.78, 5) is 0. The highest BCUT2D eigenvalue weighted by molar-refractivity contribution is 7.95. The number of hydrogen-bond acceptors (Lipinski definition) is 3. The zero-order valence-corrected chi connectivity index (χ0v) is 6.50. The van der Waals surface area contributed by atoms with E-state index in [1.165, 1.54) is 6.16 Å². The van der Waals surface area contributed by atoms with E-state index in [2.05, 4.69) is 0 Å². The van der Waals surface area contributed by atoms with Crippen molar-refractivity contribution in [1.82, 2.24) is 0 Å². The summed E-state index contributed by atoms with van der Waals surface area (Å²) in [6.45, 7) is 0. The van der Waals surface area contributed by atoms with Gasteiger partial charge in [-0.15, -0.1) is 0 Å². The van der Waals surface area contributed by atoms with Crippen molar-refractivity contribution < 1.29 is 8.71 Å². The minimum absolute atomic E-state index is 0.213. The maximum Gasteiger partial charge on any atom is 0.105 e. The molecule has 0 radical (unpaired) electrons. The van der Waals surface area contributed by atoms with Crippen LogP contribution < -0.4 is 0 Å². The lowest BCUT2D eigenvalue weighted by atomic mass is 11.0. The smallest absolute Gasteiger partial charge is 0.105 e. The lowest BCUT2D eigenvalue weighted by Crippen LogP contribution is -2.02. The molecule has 4 heteroatoms. The molecule has 0 aliphatic carbocycles. The molecule has 1 saturated heterocycles. The Kier molecular flexibility index (Phi) is 3.13. The molecule has 1 fully saturated rings. The molecule has 0 aromatic heterocycles. The number of hydrogen-bond donors (Lipinski definition) is 0. The molecule has 0 spiro atoms. The topological polar surface area (TPSA) is 18.5 Å². The summed E-state index contributed by atoms with van der Waals surface area (Å²) >= 11 is 1.55. The highest BCUT2D eigenvalue weighted by Gasteiger charge is 2.12. The van der Waals surface area contributed by atoms with Crippen molar-refractivity contribution in [1.29, 1.82) is 0 Å². The average molecular weight is 152 g/mol. The fourth-order valence-corrected chi connectivity index (χ4v) is 2.92. The lowest BCUT2D eigenvalue weighted by Gasteiger charge is -2.18. The molecule has 1 rings (SSSR count). The van der Waals surface area contributed by atoms with Gasteiger partial charge in [-0.05, 0) is 12.0 Å². The Morgan fingerprint density at radius 1 is 1.75 bits per heavy atom. The third kappa shape index (κ3) is 1.90. The van der Waals surface area contributed by atoms with Crippen LogP contribution in [0, 0.1) is 0 Å². The monoisotopic (exact) mass is 152 g/mol. The van der Waals surface area contributed by atoms with Gasteiger partial charge in [0.05, 0.1) is 8.15 Å². The van der Waals surface area contributed by atoms with E-state index < -0.39 is 0 Å². The summed E-state index contributed by atoms with van der Waals surface area (Å²) in [5.74, 6) is 1.10. The van der Waals surface area contributed by atoms with Gasteiger partial charge >= 0.3 is 0 Å². The van der Waals surface area contributed by atoms with Crippen LogP contribution in [0.15, 0.2) is 0 Å². The molecule has 0 saturated carbocycles. The molecule has 0 aromatic rings. The van der Waals surface area contributed by atoms with Gasteiger partial charge < -0.3 is 8.71 Å². The second-order valence-corrected chi connectivity index (χ2v) is 4.37. The highest BCUT2D eigenvalue weighted by atomic mass is 32.2. The third-order valence-corrected chi connectivity index (χ3v) is 3.75. The van der Waals surface area contributed by atoms with Gasteiger partial charge in [0.2, 0.25) is 0 Å². The van der Waals surface area contributed by atoms with Crippen molar-refractivity contribution >= 4 is 20.2 Å². The molecule has 0 N–H and O–H groups in total. The van der Waals surface area contributed by atoms with Crippen molar-refractivity contribution in [2.45, 2.75) is 0 Å². The van der Waals surface area contributed by atoms with Crippen LogP contribution in [0.1, 0.15) is 0 Å². The average Bonchev–Trinajstić information content (AvgIpc) is 1.90. The van der Waals surface area contributed by atoms with E-state index in [1.807, 2.05) is 0 Å². The van der Waals surface area contributed by atoms with E-state index in [0.29, 0.717) is 0 Å². The van der Waals surface area contributed by atoms with Crippen LogP contribution in [0.4, 0.5) is 0 Å². The minimum atomic E-state index is -0.213. The zero-order chi connectivity index (χ0) is 5.82. The fraction of sp³-hybridized carbons (Fsp3) is 1.00. The summed E-state index contributed by atoms with van der Waals surface area (Å²) in [7, 11) is 1.54. The van der Waals surface area contributed by atoms with Gasteiger partial charge in [-0.2, -0.15) is 0 Å². The maximum absolute atomic E-state index is 5.12. The van der Waals surface area contributed by atoms with Crippen molar-refractivity contribution in [2.75, 3.05) is 25.4 Å². The van der Waals surface area contributed by atoms with Gasteiger partial charge in [0.25, 0.3) is 0 Å². The van der Waals surface area contributed by atoms with E-state index in [-0.39, 0.29) is 8.15 Å². The van der Waals surface area contributed by atoms with Crippen LogP contribution in [-0.2, 0) is 8.71 Å². The molecular formula is C4H9O2PS. The first kappa shape index (κ1) is 6.81. The predicted octanol–water partition coefficient (Wildman–Crippen LogP) is 1.67. The molecule has 1 heterocycles. The Hall–Kier alpha value is 0.700. The molecule has 48 valence electrons. The van der Waals surface area contributed by atoms with Gasteiger partial charge in [-0.25, -0.2) is 0 Å². The number of rotatable bonds is 1. The second-order valence-electron chi connectivity index (χ2n) is 1.46. The molecule has 0 bridgehead atoms. The van der Waals surface area contributed by atoms with Crippen molar-refractivity contribution in [3.8, 4) is 0 Å². The van der Waals surface area contributed by atoms with E-state index >= 15 is 0 Å². The van der Waals surface area contributed by atoms with Gasteiger partial charge in [0.15, 0.2) is 0 Å². The Morgan fingerprint density at radius 3 is 3.00 bits per heavy atom. The summed E-state index contributed by atoms with van der Waals surface area (Å²) < 4.78 is 10.2. The molecule has 1 unspecified atom stereocenters. The molecule has 1 atom stereocenters. The first-order valence-electron chi connectivity index (χ1n) is 2.47. The van der Waals surface area contributed by atoms with Gasteiger partial charge in [0.1, 0.15) is 6.35 Å². The summed E-state index contributed by atoms with van der Waals surface area (Å²) in [6, 6.07) is 0. The van der Waals surface area contributed by atoms with Crippen LogP contribution in [0.5, 0.6) is 0 Å². The normalized spacial score (nSPS) is 30.4. The van der Waals surface area contributed by atoms with Crippen molar-refractivity contribution in [3.63, 3.8) is 0 Å². The van der Waals surface area contributed by atoms with Gasteiger partial charge in [-0.1, -0.05) is 0 Å². The Morgan fingerprint density at radius 2 is 2.62 bits per heavy atom. The predicted molar refractivity (Wildman–Crippen MR) is 37.2 cm³/mol. The fourth-order valence-electron chi connectivity index (χ4n) is 0.503. The van der Waals surface area contributed by atoms with Crippen LogP contribution >= 0.6 is 20.2 Å². The second kappa shape index (κ2) is 3.67. The molecule has 1 aliphatic heterocycles. The quantitative estimate of drug-likeness (QED) is 0.420. The van der Waals surface area contributed by atoms with Crippen LogP contribution in [0.3, 0.4) is 0 Å². The SMILES string of the molecule is COP1CCSOC1. The highest BCUT2D eigenvalue weighted by Crippen LogP contribution is 2.40.